The van der Waals surface area contributed by atoms with Gasteiger partial charge in [-0.25, -0.2) is 0 Å². The summed E-state index contributed by atoms with van der Waals surface area (Å²) in [5.74, 6) is 0.0352. The van der Waals surface area contributed by atoms with Crippen LogP contribution in [0.1, 0.15) is 35.4 Å². The van der Waals surface area contributed by atoms with Gasteiger partial charge in [0.25, 0.3) is 5.91 Å². The summed E-state index contributed by atoms with van der Waals surface area (Å²) in [5.41, 5.74) is 7.43. The van der Waals surface area contributed by atoms with Crippen molar-refractivity contribution >= 4 is 11.8 Å². The van der Waals surface area contributed by atoms with Crippen molar-refractivity contribution < 1.29 is 18.7 Å². The summed E-state index contributed by atoms with van der Waals surface area (Å²) in [6.07, 6.45) is 3.93. The van der Waals surface area contributed by atoms with E-state index in [0.29, 0.717) is 12.3 Å². The number of furan rings is 1. The first kappa shape index (κ1) is 20.7. The molecule has 1 aliphatic heterocycles. The van der Waals surface area contributed by atoms with Gasteiger partial charge in [-0.2, -0.15) is 0 Å². The number of likely N-dealkylation sites (N-methyl/N-ethyl adjacent to an activating group) is 1. The van der Waals surface area contributed by atoms with Crippen LogP contribution in [0.2, 0.25) is 0 Å². The molecule has 1 aromatic carbocycles. The summed E-state index contributed by atoms with van der Waals surface area (Å²) < 4.78 is 10.6. The monoisotopic (exact) mass is 373 g/mol. The third-order valence-corrected chi connectivity index (χ3v) is 4.04. The van der Waals surface area contributed by atoms with Gasteiger partial charge in [-0.05, 0) is 43.0 Å². The largest absolute Gasteiger partial charge is 0.451 e. The van der Waals surface area contributed by atoms with Gasteiger partial charge in [0.2, 0.25) is 5.91 Å². The van der Waals surface area contributed by atoms with E-state index in [1.54, 1.807) is 12.1 Å². The predicted molar refractivity (Wildman–Crippen MR) is 103 cm³/mol. The van der Waals surface area contributed by atoms with Crippen LogP contribution in [0.15, 0.2) is 40.8 Å². The SMILES string of the molecule is C1CCOCC1.CNC(=O)CNC(=O)c1ccc(-c2cccc(CN)c2)o1. The van der Waals surface area contributed by atoms with E-state index < -0.39 is 5.91 Å². The van der Waals surface area contributed by atoms with Crippen molar-refractivity contribution in [2.45, 2.75) is 25.8 Å². The zero-order valence-electron chi connectivity index (χ0n) is 15.6. The van der Waals surface area contributed by atoms with Crippen molar-refractivity contribution in [3.05, 3.63) is 47.7 Å². The highest BCUT2D eigenvalue weighted by molar-refractivity contribution is 5.94. The second-order valence-electron chi connectivity index (χ2n) is 6.10. The maximum Gasteiger partial charge on any atom is 0.287 e. The number of hydrogen-bond acceptors (Lipinski definition) is 5. The average Bonchev–Trinajstić information content (AvgIpc) is 3.24. The molecule has 1 fully saturated rings. The van der Waals surface area contributed by atoms with Crippen LogP contribution in [0.5, 0.6) is 0 Å². The lowest BCUT2D eigenvalue weighted by atomic mass is 10.1. The standard InChI is InChI=1S/C15H17N3O3.C5H10O/c1-17-14(19)9-18-15(20)13-6-5-12(21-13)11-4-2-3-10(7-11)8-16;1-2-4-6-5-3-1/h2-7H,8-9,16H2,1H3,(H,17,19)(H,18,20);1-5H2. The van der Waals surface area contributed by atoms with E-state index in [1.165, 1.54) is 26.3 Å². The summed E-state index contributed by atoms with van der Waals surface area (Å²) in [7, 11) is 1.50. The van der Waals surface area contributed by atoms with Crippen molar-refractivity contribution in [2.75, 3.05) is 26.8 Å². The molecule has 2 aromatic rings. The average molecular weight is 373 g/mol. The van der Waals surface area contributed by atoms with Gasteiger partial charge in [-0.1, -0.05) is 18.2 Å². The van der Waals surface area contributed by atoms with E-state index in [-0.39, 0.29) is 18.2 Å². The van der Waals surface area contributed by atoms with E-state index >= 15 is 0 Å². The van der Waals surface area contributed by atoms with Crippen LogP contribution < -0.4 is 16.4 Å². The second kappa shape index (κ2) is 11.2. The van der Waals surface area contributed by atoms with E-state index in [9.17, 15) is 9.59 Å². The number of ether oxygens (including phenoxy) is 1. The van der Waals surface area contributed by atoms with Gasteiger partial charge >= 0.3 is 0 Å². The van der Waals surface area contributed by atoms with Gasteiger partial charge < -0.3 is 25.5 Å². The molecule has 1 aliphatic rings. The first-order valence-corrected chi connectivity index (χ1v) is 9.09. The second-order valence-corrected chi connectivity index (χ2v) is 6.10. The molecule has 2 amide bonds. The zero-order chi connectivity index (χ0) is 19.5. The van der Waals surface area contributed by atoms with Crippen LogP contribution >= 0.6 is 0 Å². The smallest absolute Gasteiger partial charge is 0.287 e. The molecule has 3 rings (SSSR count). The molecule has 0 unspecified atom stereocenters. The molecule has 2 heterocycles. The van der Waals surface area contributed by atoms with Gasteiger partial charge in [-0.15, -0.1) is 0 Å². The first-order valence-electron chi connectivity index (χ1n) is 9.09. The van der Waals surface area contributed by atoms with Gasteiger partial charge in [0.1, 0.15) is 5.76 Å². The van der Waals surface area contributed by atoms with Crippen LogP contribution in [0, 0.1) is 0 Å². The van der Waals surface area contributed by atoms with Crippen molar-refractivity contribution in [1.29, 1.82) is 0 Å². The first-order chi connectivity index (χ1) is 13.1. The van der Waals surface area contributed by atoms with E-state index in [1.807, 2.05) is 24.3 Å². The number of nitrogens with two attached hydrogens (primary N) is 1. The van der Waals surface area contributed by atoms with Crippen molar-refractivity contribution in [1.82, 2.24) is 10.6 Å². The number of benzene rings is 1. The van der Waals surface area contributed by atoms with Crippen molar-refractivity contribution in [3.63, 3.8) is 0 Å². The quantitative estimate of drug-likeness (QED) is 0.744. The molecular formula is C20H27N3O4. The minimum Gasteiger partial charge on any atom is -0.451 e. The molecule has 1 saturated heterocycles. The van der Waals surface area contributed by atoms with Crippen LogP contribution in [-0.4, -0.2) is 38.6 Å². The Morgan fingerprint density at radius 2 is 1.89 bits per heavy atom. The van der Waals surface area contributed by atoms with Crippen LogP contribution in [-0.2, 0) is 16.1 Å². The van der Waals surface area contributed by atoms with Crippen LogP contribution in [0.25, 0.3) is 11.3 Å². The van der Waals surface area contributed by atoms with Gasteiger partial charge in [0.15, 0.2) is 5.76 Å². The van der Waals surface area contributed by atoms with E-state index in [0.717, 1.165) is 24.3 Å². The maximum absolute atomic E-state index is 11.8. The fourth-order valence-corrected chi connectivity index (χ4v) is 2.49. The Balaban J connectivity index is 0.000000369. The number of hydrogen-bond donors (Lipinski definition) is 3. The lowest BCUT2D eigenvalue weighted by Gasteiger charge is -2.08. The fraction of sp³-hybridized carbons (Fsp3) is 0.400. The highest BCUT2D eigenvalue weighted by atomic mass is 16.5. The summed E-state index contributed by atoms with van der Waals surface area (Å²) in [6, 6.07) is 10.9. The molecular weight excluding hydrogens is 346 g/mol. The topological polar surface area (TPSA) is 107 Å². The minimum absolute atomic E-state index is 0.0893. The predicted octanol–water partition coefficient (Wildman–Crippen LogP) is 2.07. The van der Waals surface area contributed by atoms with Gasteiger partial charge in [0, 0.05) is 32.4 Å². The summed E-state index contributed by atoms with van der Waals surface area (Å²) in [4.78, 5) is 22.9. The molecule has 0 atom stereocenters. The Labute approximate surface area is 159 Å². The highest BCUT2D eigenvalue weighted by Gasteiger charge is 2.13. The molecule has 0 radical (unpaired) electrons. The number of amides is 2. The lowest BCUT2D eigenvalue weighted by molar-refractivity contribution is -0.119. The Kier molecular flexibility index (Phi) is 8.54. The van der Waals surface area contributed by atoms with Crippen molar-refractivity contribution in [2.24, 2.45) is 5.73 Å². The zero-order valence-corrected chi connectivity index (χ0v) is 15.6. The number of rotatable bonds is 5. The number of carbonyl (C=O) groups excluding carboxylic acids is 2. The van der Waals surface area contributed by atoms with Crippen molar-refractivity contribution in [3.8, 4) is 11.3 Å². The summed E-state index contributed by atoms with van der Waals surface area (Å²) in [6.45, 7) is 2.35. The van der Waals surface area contributed by atoms with Gasteiger partial charge in [0.05, 0.1) is 6.54 Å². The van der Waals surface area contributed by atoms with E-state index in [4.69, 9.17) is 14.9 Å². The third-order valence-electron chi connectivity index (χ3n) is 4.04. The Bertz CT molecular complexity index is 727. The van der Waals surface area contributed by atoms with Crippen LogP contribution in [0.3, 0.4) is 0 Å². The normalized spacial score (nSPS) is 13.3. The Morgan fingerprint density at radius 3 is 2.48 bits per heavy atom. The molecule has 0 bridgehead atoms. The highest BCUT2D eigenvalue weighted by Crippen LogP contribution is 2.23. The van der Waals surface area contributed by atoms with Crippen LogP contribution in [0.4, 0.5) is 0 Å². The molecule has 7 heteroatoms. The molecule has 4 N–H and O–H groups in total. The molecule has 0 spiro atoms. The molecule has 146 valence electrons. The minimum atomic E-state index is -0.431. The van der Waals surface area contributed by atoms with Gasteiger partial charge in [-0.3, -0.25) is 9.59 Å². The Morgan fingerprint density at radius 1 is 1.11 bits per heavy atom. The fourth-order valence-electron chi connectivity index (χ4n) is 2.49. The lowest BCUT2D eigenvalue weighted by Crippen LogP contribution is -2.34. The number of carbonyl (C=O) groups is 2. The molecule has 0 aliphatic carbocycles. The third kappa shape index (κ3) is 6.88. The molecule has 0 saturated carbocycles. The maximum atomic E-state index is 11.8. The number of nitrogens with one attached hydrogen (secondary N) is 2. The molecule has 27 heavy (non-hydrogen) atoms. The Hall–Kier alpha value is -2.64. The molecule has 1 aromatic heterocycles. The summed E-state index contributed by atoms with van der Waals surface area (Å²) in [5, 5.41) is 4.89. The summed E-state index contributed by atoms with van der Waals surface area (Å²) >= 11 is 0. The molecule has 7 nitrogen and oxygen atoms in total. The van der Waals surface area contributed by atoms with E-state index in [2.05, 4.69) is 10.6 Å².